The highest BCUT2D eigenvalue weighted by molar-refractivity contribution is 9.09. The number of aliphatic hydroxyl groups excluding tert-OH is 1. The fourth-order valence-electron chi connectivity index (χ4n) is 1.61. The summed E-state index contributed by atoms with van der Waals surface area (Å²) in [5, 5.41) is 9.79. The minimum Gasteiger partial charge on any atom is -0.395 e. The number of rotatable bonds is 6. The van der Waals surface area contributed by atoms with Crippen LogP contribution in [0.4, 0.5) is 0 Å². The zero-order chi connectivity index (χ0) is 11.1. The molecule has 1 aromatic rings. The molecular formula is C12H18BrNO. The number of halogens is 1. The fourth-order valence-corrected chi connectivity index (χ4v) is 2.19. The predicted molar refractivity (Wildman–Crippen MR) is 67.6 cm³/mol. The average Bonchev–Trinajstić information content (AvgIpc) is 2.27. The van der Waals surface area contributed by atoms with Gasteiger partial charge in [-0.15, -0.1) is 0 Å². The van der Waals surface area contributed by atoms with Gasteiger partial charge in [-0.25, -0.2) is 0 Å². The molecule has 1 rings (SSSR count). The second-order valence-electron chi connectivity index (χ2n) is 3.75. The van der Waals surface area contributed by atoms with Crippen molar-refractivity contribution in [1.82, 2.24) is 4.90 Å². The van der Waals surface area contributed by atoms with E-state index in [2.05, 4.69) is 45.1 Å². The first-order valence-corrected chi connectivity index (χ1v) is 6.30. The van der Waals surface area contributed by atoms with Crippen molar-refractivity contribution in [3.8, 4) is 0 Å². The first kappa shape index (κ1) is 12.7. The maximum Gasteiger partial charge on any atom is 0.0558 e. The molecule has 3 heteroatoms. The lowest BCUT2D eigenvalue weighted by atomic mass is 10.0. The van der Waals surface area contributed by atoms with Crippen molar-refractivity contribution in [2.24, 2.45) is 0 Å². The number of likely N-dealkylation sites (N-methyl/N-ethyl adjacent to an activating group) is 1. The summed E-state index contributed by atoms with van der Waals surface area (Å²) in [6.07, 6.45) is 0. The van der Waals surface area contributed by atoms with Gasteiger partial charge >= 0.3 is 0 Å². The Morgan fingerprint density at radius 2 is 2.00 bits per heavy atom. The highest BCUT2D eigenvalue weighted by atomic mass is 79.9. The molecule has 1 N–H and O–H groups in total. The van der Waals surface area contributed by atoms with Gasteiger partial charge < -0.3 is 10.0 Å². The van der Waals surface area contributed by atoms with Gasteiger partial charge in [0.05, 0.1) is 6.61 Å². The lowest BCUT2D eigenvalue weighted by Crippen LogP contribution is -2.28. The van der Waals surface area contributed by atoms with E-state index >= 15 is 0 Å². The Morgan fingerprint density at radius 3 is 2.53 bits per heavy atom. The lowest BCUT2D eigenvalue weighted by Gasteiger charge is -2.22. The van der Waals surface area contributed by atoms with E-state index in [0.29, 0.717) is 5.92 Å². The van der Waals surface area contributed by atoms with E-state index in [0.717, 1.165) is 18.4 Å². The maximum absolute atomic E-state index is 8.84. The first-order valence-electron chi connectivity index (χ1n) is 5.18. The Morgan fingerprint density at radius 1 is 1.33 bits per heavy atom. The number of benzene rings is 1. The third-order valence-electron chi connectivity index (χ3n) is 2.47. The van der Waals surface area contributed by atoms with Crippen molar-refractivity contribution in [2.75, 3.05) is 32.1 Å². The van der Waals surface area contributed by atoms with Gasteiger partial charge in [-0.05, 0) is 12.6 Å². The van der Waals surface area contributed by atoms with Gasteiger partial charge in [-0.2, -0.15) is 0 Å². The van der Waals surface area contributed by atoms with Crippen LogP contribution >= 0.6 is 15.9 Å². The highest BCUT2D eigenvalue weighted by Gasteiger charge is 2.11. The van der Waals surface area contributed by atoms with E-state index in [4.69, 9.17) is 5.11 Å². The zero-order valence-corrected chi connectivity index (χ0v) is 10.7. The molecule has 0 radical (unpaired) electrons. The molecule has 84 valence electrons. The Hall–Kier alpha value is -0.380. The fraction of sp³-hybridized carbons (Fsp3) is 0.500. The normalized spacial score (nSPS) is 13.1. The number of hydrogen-bond donors (Lipinski definition) is 1. The zero-order valence-electron chi connectivity index (χ0n) is 9.06. The molecule has 0 aromatic heterocycles. The molecule has 0 bridgehead atoms. The molecule has 2 nitrogen and oxygen atoms in total. The summed E-state index contributed by atoms with van der Waals surface area (Å²) >= 11 is 3.54. The van der Waals surface area contributed by atoms with Crippen LogP contribution in [0, 0.1) is 0 Å². The van der Waals surface area contributed by atoms with Crippen molar-refractivity contribution in [3.63, 3.8) is 0 Å². The molecule has 1 unspecified atom stereocenters. The summed E-state index contributed by atoms with van der Waals surface area (Å²) < 4.78 is 0. The monoisotopic (exact) mass is 271 g/mol. The van der Waals surface area contributed by atoms with Gasteiger partial charge in [-0.1, -0.05) is 46.3 Å². The molecule has 0 saturated heterocycles. The van der Waals surface area contributed by atoms with Crippen molar-refractivity contribution in [1.29, 1.82) is 0 Å². The quantitative estimate of drug-likeness (QED) is 0.802. The van der Waals surface area contributed by atoms with Crippen LogP contribution in [0.25, 0.3) is 0 Å². The van der Waals surface area contributed by atoms with Crippen molar-refractivity contribution in [2.45, 2.75) is 5.92 Å². The van der Waals surface area contributed by atoms with Crippen molar-refractivity contribution < 1.29 is 5.11 Å². The number of hydrogen-bond acceptors (Lipinski definition) is 2. The van der Waals surface area contributed by atoms with Gasteiger partial charge in [0.25, 0.3) is 0 Å². The number of alkyl halides is 1. The summed E-state index contributed by atoms with van der Waals surface area (Å²) in [6.45, 7) is 1.92. The van der Waals surface area contributed by atoms with Crippen molar-refractivity contribution >= 4 is 15.9 Å². The molecule has 0 aliphatic heterocycles. The molecule has 0 saturated carbocycles. The van der Waals surface area contributed by atoms with Crippen LogP contribution in [0.2, 0.25) is 0 Å². The number of aliphatic hydroxyl groups is 1. The van der Waals surface area contributed by atoms with Crippen molar-refractivity contribution in [3.05, 3.63) is 35.9 Å². The summed E-state index contributed by atoms with van der Waals surface area (Å²) in [7, 11) is 2.04. The van der Waals surface area contributed by atoms with E-state index in [9.17, 15) is 0 Å². The molecule has 0 amide bonds. The smallest absolute Gasteiger partial charge is 0.0558 e. The second-order valence-corrected chi connectivity index (χ2v) is 4.40. The summed E-state index contributed by atoms with van der Waals surface area (Å²) in [5.74, 6) is 0.489. The minimum absolute atomic E-state index is 0.223. The van der Waals surface area contributed by atoms with Gasteiger partial charge in [0.15, 0.2) is 0 Å². The van der Waals surface area contributed by atoms with Crippen LogP contribution in [0.3, 0.4) is 0 Å². The molecule has 0 heterocycles. The average molecular weight is 272 g/mol. The van der Waals surface area contributed by atoms with E-state index in [1.165, 1.54) is 5.56 Å². The van der Waals surface area contributed by atoms with E-state index < -0.39 is 0 Å². The van der Waals surface area contributed by atoms with Gasteiger partial charge in [0.2, 0.25) is 0 Å². The molecule has 1 atom stereocenters. The molecule has 0 aliphatic rings. The topological polar surface area (TPSA) is 23.5 Å². The maximum atomic E-state index is 8.84. The largest absolute Gasteiger partial charge is 0.395 e. The van der Waals surface area contributed by atoms with Crippen LogP contribution in [0.1, 0.15) is 11.5 Å². The Balaban J connectivity index is 2.56. The third kappa shape index (κ3) is 4.33. The lowest BCUT2D eigenvalue weighted by molar-refractivity contribution is 0.217. The van der Waals surface area contributed by atoms with Gasteiger partial charge in [-0.3, -0.25) is 0 Å². The van der Waals surface area contributed by atoms with E-state index in [1.54, 1.807) is 0 Å². The summed E-state index contributed by atoms with van der Waals surface area (Å²) in [6, 6.07) is 10.5. The molecule has 0 aliphatic carbocycles. The second kappa shape index (κ2) is 6.99. The SMILES string of the molecule is CN(CCO)CC(CBr)c1ccccc1. The molecule has 0 spiro atoms. The Labute approximate surface area is 100 Å². The molecule has 0 fully saturated rings. The molecule has 15 heavy (non-hydrogen) atoms. The summed E-state index contributed by atoms with van der Waals surface area (Å²) in [5.41, 5.74) is 1.35. The Bertz CT molecular complexity index is 266. The summed E-state index contributed by atoms with van der Waals surface area (Å²) in [4.78, 5) is 2.15. The third-order valence-corrected chi connectivity index (χ3v) is 3.25. The standard InChI is InChI=1S/C12H18BrNO/c1-14(7-8-15)10-12(9-13)11-5-3-2-4-6-11/h2-6,12,15H,7-10H2,1H3. The first-order chi connectivity index (χ1) is 7.27. The Kier molecular flexibility index (Phi) is 5.91. The number of nitrogens with zero attached hydrogens (tertiary/aromatic N) is 1. The van der Waals surface area contributed by atoms with Crippen LogP contribution in [-0.2, 0) is 0 Å². The van der Waals surface area contributed by atoms with E-state index in [-0.39, 0.29) is 6.61 Å². The predicted octanol–water partition coefficient (Wildman–Crippen LogP) is 2.09. The van der Waals surface area contributed by atoms with Crippen LogP contribution in [0.5, 0.6) is 0 Å². The van der Waals surface area contributed by atoms with Gasteiger partial charge in [0.1, 0.15) is 0 Å². The highest BCUT2D eigenvalue weighted by Crippen LogP contribution is 2.18. The van der Waals surface area contributed by atoms with Gasteiger partial charge in [0, 0.05) is 24.3 Å². The van der Waals surface area contributed by atoms with E-state index in [1.807, 2.05) is 13.1 Å². The van der Waals surface area contributed by atoms with Crippen LogP contribution < -0.4 is 0 Å². The van der Waals surface area contributed by atoms with Crippen LogP contribution in [-0.4, -0.2) is 42.1 Å². The van der Waals surface area contributed by atoms with Crippen LogP contribution in [0.15, 0.2) is 30.3 Å². The molecule has 1 aromatic carbocycles. The minimum atomic E-state index is 0.223. The molecular weight excluding hydrogens is 254 g/mol.